The van der Waals surface area contributed by atoms with E-state index >= 15 is 0 Å². The number of allylic oxidation sites excluding steroid dienone is 2. The zero-order valence-electron chi connectivity index (χ0n) is 14.7. The molecule has 2 N–H and O–H groups in total. The van der Waals surface area contributed by atoms with E-state index in [-0.39, 0.29) is 11.8 Å². The fraction of sp³-hybridized carbons (Fsp3) is 0.0909. The smallest absolute Gasteiger partial charge is 0.255 e. The van der Waals surface area contributed by atoms with E-state index in [2.05, 4.69) is 17.2 Å². The minimum Gasteiger partial charge on any atom is -0.348 e. The molecule has 0 aliphatic rings. The molecule has 0 saturated carbocycles. The zero-order chi connectivity index (χ0) is 18.8. The van der Waals surface area contributed by atoms with Crippen LogP contribution in [0.3, 0.4) is 0 Å². The molecule has 0 aromatic heterocycles. The van der Waals surface area contributed by atoms with Crippen LogP contribution in [0.25, 0.3) is 0 Å². The van der Waals surface area contributed by atoms with Gasteiger partial charge in [-0.1, -0.05) is 67.3 Å². The molecule has 0 saturated heterocycles. The molecule has 0 aliphatic heterocycles. The first-order chi connectivity index (χ1) is 12.6. The highest BCUT2D eigenvalue weighted by molar-refractivity contribution is 5.98. The van der Waals surface area contributed by atoms with E-state index in [4.69, 9.17) is 0 Å². The standard InChI is InChI=1S/C22H22N2O2/c1-3-10-20(21(25)23-16-18-11-6-4-7-12-18)15-17(2)24-22(26)19-13-8-5-9-14-19/h3-15H,2,16H2,1H3,(H,23,25)(H,24,26)/b10-3-,20-15+. The van der Waals surface area contributed by atoms with E-state index in [0.29, 0.717) is 23.4 Å². The molecule has 26 heavy (non-hydrogen) atoms. The maximum atomic E-state index is 12.4. The summed E-state index contributed by atoms with van der Waals surface area (Å²) in [6.45, 7) is 6.07. The molecule has 0 atom stereocenters. The van der Waals surface area contributed by atoms with Gasteiger partial charge in [0.1, 0.15) is 0 Å². The lowest BCUT2D eigenvalue weighted by molar-refractivity contribution is -0.117. The van der Waals surface area contributed by atoms with Crippen LogP contribution in [-0.2, 0) is 11.3 Å². The summed E-state index contributed by atoms with van der Waals surface area (Å²) in [6.07, 6.45) is 5.00. The van der Waals surface area contributed by atoms with E-state index in [1.807, 2.05) is 43.3 Å². The number of hydrogen-bond acceptors (Lipinski definition) is 2. The predicted octanol–water partition coefficient (Wildman–Crippen LogP) is 3.75. The molecule has 0 heterocycles. The fourth-order valence-corrected chi connectivity index (χ4v) is 2.28. The van der Waals surface area contributed by atoms with Gasteiger partial charge in [0.2, 0.25) is 0 Å². The summed E-state index contributed by atoms with van der Waals surface area (Å²) >= 11 is 0. The van der Waals surface area contributed by atoms with Crippen molar-refractivity contribution in [1.82, 2.24) is 10.6 Å². The summed E-state index contributed by atoms with van der Waals surface area (Å²) in [5.41, 5.74) is 2.31. The number of carbonyl (C=O) groups is 2. The van der Waals surface area contributed by atoms with Crippen molar-refractivity contribution in [3.63, 3.8) is 0 Å². The van der Waals surface area contributed by atoms with Crippen LogP contribution in [-0.4, -0.2) is 11.8 Å². The van der Waals surface area contributed by atoms with Crippen LogP contribution in [0.1, 0.15) is 22.8 Å². The summed E-state index contributed by atoms with van der Waals surface area (Å²) in [5.74, 6) is -0.501. The molecule has 0 aliphatic carbocycles. The number of carbonyl (C=O) groups excluding carboxylic acids is 2. The van der Waals surface area contributed by atoms with Crippen molar-refractivity contribution in [1.29, 1.82) is 0 Å². The molecule has 4 nitrogen and oxygen atoms in total. The van der Waals surface area contributed by atoms with Gasteiger partial charge in [0.25, 0.3) is 11.8 Å². The number of hydrogen-bond donors (Lipinski definition) is 2. The number of rotatable bonds is 7. The van der Waals surface area contributed by atoms with Crippen LogP contribution >= 0.6 is 0 Å². The second-order valence-corrected chi connectivity index (χ2v) is 5.61. The molecular weight excluding hydrogens is 324 g/mol. The molecule has 132 valence electrons. The molecule has 2 aromatic rings. The Morgan fingerprint density at radius 1 is 1.00 bits per heavy atom. The first-order valence-corrected chi connectivity index (χ1v) is 8.32. The van der Waals surface area contributed by atoms with Crippen molar-refractivity contribution >= 4 is 11.8 Å². The third-order valence-corrected chi connectivity index (χ3v) is 3.54. The first-order valence-electron chi connectivity index (χ1n) is 8.32. The van der Waals surface area contributed by atoms with Crippen molar-refractivity contribution in [3.05, 3.63) is 108 Å². The lowest BCUT2D eigenvalue weighted by Crippen LogP contribution is -2.25. The van der Waals surface area contributed by atoms with Gasteiger partial charge in [-0.15, -0.1) is 0 Å². The maximum Gasteiger partial charge on any atom is 0.255 e. The van der Waals surface area contributed by atoms with E-state index in [1.54, 1.807) is 42.5 Å². The first kappa shape index (κ1) is 18.9. The molecule has 0 radical (unpaired) electrons. The van der Waals surface area contributed by atoms with Crippen molar-refractivity contribution < 1.29 is 9.59 Å². The molecule has 0 fully saturated rings. The Morgan fingerprint density at radius 2 is 1.62 bits per heavy atom. The predicted molar refractivity (Wildman–Crippen MR) is 104 cm³/mol. The molecule has 2 rings (SSSR count). The fourth-order valence-electron chi connectivity index (χ4n) is 2.28. The van der Waals surface area contributed by atoms with E-state index in [9.17, 15) is 9.59 Å². The molecule has 0 bridgehead atoms. The summed E-state index contributed by atoms with van der Waals surface area (Å²) in [4.78, 5) is 24.6. The average molecular weight is 346 g/mol. The Kier molecular flexibility index (Phi) is 7.13. The lowest BCUT2D eigenvalue weighted by Gasteiger charge is -2.09. The highest BCUT2D eigenvalue weighted by atomic mass is 16.2. The average Bonchev–Trinajstić information content (AvgIpc) is 2.67. The third kappa shape index (κ3) is 5.91. The Morgan fingerprint density at radius 3 is 2.23 bits per heavy atom. The van der Waals surface area contributed by atoms with Crippen molar-refractivity contribution in [2.75, 3.05) is 0 Å². The van der Waals surface area contributed by atoms with E-state index in [0.717, 1.165) is 5.56 Å². The minimum absolute atomic E-state index is 0.234. The normalized spacial score (nSPS) is 11.2. The highest BCUT2D eigenvalue weighted by Crippen LogP contribution is 2.06. The third-order valence-electron chi connectivity index (χ3n) is 3.54. The van der Waals surface area contributed by atoms with Gasteiger partial charge in [0.05, 0.1) is 0 Å². The molecular formula is C22H22N2O2. The van der Waals surface area contributed by atoms with Crippen molar-refractivity contribution in [3.8, 4) is 0 Å². The van der Waals surface area contributed by atoms with Gasteiger partial charge >= 0.3 is 0 Å². The Bertz CT molecular complexity index is 822. The van der Waals surface area contributed by atoms with Gasteiger partial charge in [0.15, 0.2) is 0 Å². The Balaban J connectivity index is 2.01. The second-order valence-electron chi connectivity index (χ2n) is 5.61. The Hall–Kier alpha value is -3.40. The number of amides is 2. The minimum atomic E-state index is -0.267. The monoisotopic (exact) mass is 346 g/mol. The molecule has 0 spiro atoms. The quantitative estimate of drug-likeness (QED) is 0.592. The molecule has 2 amide bonds. The van der Waals surface area contributed by atoms with Gasteiger partial charge in [-0.25, -0.2) is 0 Å². The van der Waals surface area contributed by atoms with E-state index in [1.165, 1.54) is 0 Å². The summed E-state index contributed by atoms with van der Waals surface area (Å²) in [5, 5.41) is 5.55. The summed E-state index contributed by atoms with van der Waals surface area (Å²) < 4.78 is 0. The highest BCUT2D eigenvalue weighted by Gasteiger charge is 2.09. The summed E-state index contributed by atoms with van der Waals surface area (Å²) in [6, 6.07) is 18.5. The van der Waals surface area contributed by atoms with Crippen LogP contribution in [0.4, 0.5) is 0 Å². The van der Waals surface area contributed by atoms with E-state index < -0.39 is 0 Å². The second kappa shape index (κ2) is 9.79. The maximum absolute atomic E-state index is 12.4. The van der Waals surface area contributed by atoms with Crippen LogP contribution < -0.4 is 10.6 Å². The Labute approximate surface area is 153 Å². The van der Waals surface area contributed by atoms with Crippen LogP contribution in [0.5, 0.6) is 0 Å². The molecule has 0 unspecified atom stereocenters. The SMILES string of the molecule is C=C(/C=C(\C=C/C)C(=O)NCc1ccccc1)NC(=O)c1ccccc1. The number of nitrogens with one attached hydrogen (secondary N) is 2. The van der Waals surface area contributed by atoms with Gasteiger partial charge in [-0.05, 0) is 30.7 Å². The van der Waals surface area contributed by atoms with Crippen LogP contribution in [0, 0.1) is 0 Å². The zero-order valence-corrected chi connectivity index (χ0v) is 14.7. The van der Waals surface area contributed by atoms with Gasteiger partial charge in [-0.3, -0.25) is 9.59 Å². The summed E-state index contributed by atoms with van der Waals surface area (Å²) in [7, 11) is 0. The topological polar surface area (TPSA) is 58.2 Å². The van der Waals surface area contributed by atoms with Gasteiger partial charge < -0.3 is 10.6 Å². The lowest BCUT2D eigenvalue weighted by atomic mass is 10.1. The van der Waals surface area contributed by atoms with Crippen LogP contribution in [0.2, 0.25) is 0 Å². The largest absolute Gasteiger partial charge is 0.348 e. The molecule has 2 aromatic carbocycles. The van der Waals surface area contributed by atoms with Crippen LogP contribution in [0.15, 0.2) is 96.7 Å². The van der Waals surface area contributed by atoms with Gasteiger partial charge in [0, 0.05) is 23.4 Å². The van der Waals surface area contributed by atoms with Crippen molar-refractivity contribution in [2.45, 2.75) is 13.5 Å². The number of benzene rings is 2. The molecule has 4 heteroatoms. The van der Waals surface area contributed by atoms with Gasteiger partial charge in [-0.2, -0.15) is 0 Å². The van der Waals surface area contributed by atoms with Crippen molar-refractivity contribution in [2.24, 2.45) is 0 Å².